The van der Waals surface area contributed by atoms with Crippen LogP contribution < -0.4 is 0 Å². The van der Waals surface area contributed by atoms with Crippen molar-refractivity contribution in [2.45, 2.75) is 18.7 Å². The SMILES string of the molecule is CN(C)Cc1ccc(C(=O)N2C[C@@H](O)[C@H](N3CCN(C)CC3)C2)cc1. The van der Waals surface area contributed by atoms with E-state index in [9.17, 15) is 9.90 Å². The van der Waals surface area contributed by atoms with E-state index in [-0.39, 0.29) is 11.9 Å². The lowest BCUT2D eigenvalue weighted by atomic mass is 10.1. The molecule has 0 aromatic heterocycles. The molecule has 3 rings (SSSR count). The number of carbonyl (C=O) groups excluding carboxylic acids is 1. The summed E-state index contributed by atoms with van der Waals surface area (Å²) in [6.07, 6.45) is -0.458. The fraction of sp³-hybridized carbons (Fsp3) is 0.632. The summed E-state index contributed by atoms with van der Waals surface area (Å²) in [7, 11) is 6.19. The van der Waals surface area contributed by atoms with Gasteiger partial charge in [0.05, 0.1) is 12.1 Å². The van der Waals surface area contributed by atoms with Crippen LogP contribution in [-0.4, -0.2) is 103 Å². The number of benzene rings is 1. The molecule has 2 saturated heterocycles. The number of amides is 1. The highest BCUT2D eigenvalue weighted by Crippen LogP contribution is 2.20. The van der Waals surface area contributed by atoms with Crippen molar-refractivity contribution in [2.24, 2.45) is 0 Å². The van der Waals surface area contributed by atoms with Crippen molar-refractivity contribution in [3.63, 3.8) is 0 Å². The molecule has 0 spiro atoms. The first-order chi connectivity index (χ1) is 11.9. The molecule has 2 fully saturated rings. The monoisotopic (exact) mass is 346 g/mol. The molecule has 6 heteroatoms. The van der Waals surface area contributed by atoms with Crippen LogP contribution in [0.1, 0.15) is 15.9 Å². The van der Waals surface area contributed by atoms with Crippen molar-refractivity contribution in [2.75, 3.05) is 60.4 Å². The van der Waals surface area contributed by atoms with Gasteiger partial charge in [-0.25, -0.2) is 0 Å². The van der Waals surface area contributed by atoms with Crippen molar-refractivity contribution in [3.05, 3.63) is 35.4 Å². The summed E-state index contributed by atoms with van der Waals surface area (Å²) in [6, 6.07) is 7.88. The molecule has 1 aromatic carbocycles. The Bertz CT molecular complexity index is 582. The van der Waals surface area contributed by atoms with Gasteiger partial charge in [-0.05, 0) is 38.8 Å². The lowest BCUT2D eigenvalue weighted by Crippen LogP contribution is -2.52. The Morgan fingerprint density at radius 2 is 1.76 bits per heavy atom. The molecule has 2 atom stereocenters. The van der Waals surface area contributed by atoms with Gasteiger partial charge in [-0.3, -0.25) is 9.69 Å². The van der Waals surface area contributed by atoms with Crippen molar-refractivity contribution in [1.29, 1.82) is 0 Å². The minimum atomic E-state index is -0.458. The molecule has 138 valence electrons. The van der Waals surface area contributed by atoms with Crippen LogP contribution in [-0.2, 0) is 6.54 Å². The Hall–Kier alpha value is -1.47. The number of likely N-dealkylation sites (tertiary alicyclic amines) is 1. The summed E-state index contributed by atoms with van der Waals surface area (Å²) in [4.78, 5) is 21.3. The third kappa shape index (κ3) is 4.39. The van der Waals surface area contributed by atoms with E-state index in [1.54, 1.807) is 4.90 Å². The zero-order chi connectivity index (χ0) is 18.0. The molecule has 0 saturated carbocycles. The number of β-amino-alcohol motifs (C(OH)–C–C–N with tert-alkyl or cyclic N) is 1. The molecule has 6 nitrogen and oxygen atoms in total. The molecule has 0 radical (unpaired) electrons. The smallest absolute Gasteiger partial charge is 0.253 e. The first-order valence-electron chi connectivity index (χ1n) is 9.07. The summed E-state index contributed by atoms with van der Waals surface area (Å²) in [5.74, 6) is 0.0204. The zero-order valence-electron chi connectivity index (χ0n) is 15.6. The van der Waals surface area contributed by atoms with Gasteiger partial charge in [0.2, 0.25) is 0 Å². The maximum absolute atomic E-state index is 12.8. The minimum absolute atomic E-state index is 0.0204. The molecular weight excluding hydrogens is 316 g/mol. The Balaban J connectivity index is 1.61. The van der Waals surface area contributed by atoms with Gasteiger partial charge in [0, 0.05) is 51.4 Å². The largest absolute Gasteiger partial charge is 0.390 e. The summed E-state index contributed by atoms with van der Waals surface area (Å²) >= 11 is 0. The van der Waals surface area contributed by atoms with E-state index >= 15 is 0 Å². The van der Waals surface area contributed by atoms with E-state index in [1.165, 1.54) is 5.56 Å². The molecule has 2 aliphatic heterocycles. The van der Waals surface area contributed by atoms with E-state index in [0.29, 0.717) is 18.7 Å². The number of carbonyl (C=O) groups is 1. The molecule has 2 aliphatic rings. The Kier molecular flexibility index (Phi) is 5.74. The quantitative estimate of drug-likeness (QED) is 0.843. The molecule has 1 N–H and O–H groups in total. The second-order valence-electron chi connectivity index (χ2n) is 7.62. The molecule has 0 bridgehead atoms. The average Bonchev–Trinajstić information content (AvgIpc) is 2.97. The summed E-state index contributed by atoms with van der Waals surface area (Å²) in [5.41, 5.74) is 1.90. The Morgan fingerprint density at radius 1 is 1.12 bits per heavy atom. The number of likely N-dealkylation sites (N-methyl/N-ethyl adjacent to an activating group) is 1. The number of nitrogens with zero attached hydrogens (tertiary/aromatic N) is 4. The standard InChI is InChI=1S/C19H30N4O2/c1-20(2)12-15-4-6-16(7-5-15)19(25)23-13-17(18(24)14-23)22-10-8-21(3)9-11-22/h4-7,17-18,24H,8-14H2,1-3H3/t17-,18-/m1/s1. The van der Waals surface area contributed by atoms with E-state index in [2.05, 4.69) is 21.7 Å². The second kappa shape index (κ2) is 7.83. The number of piperazine rings is 1. The van der Waals surface area contributed by atoms with Crippen LogP contribution in [0.2, 0.25) is 0 Å². The summed E-state index contributed by atoms with van der Waals surface area (Å²) in [6.45, 7) is 5.86. The molecular formula is C19H30N4O2. The number of aliphatic hydroxyl groups is 1. The normalized spacial score (nSPS) is 25.7. The van der Waals surface area contributed by atoms with Crippen LogP contribution in [0.5, 0.6) is 0 Å². The Labute approximate surface area is 150 Å². The third-order valence-corrected chi connectivity index (χ3v) is 5.25. The van der Waals surface area contributed by atoms with Gasteiger partial charge in [-0.15, -0.1) is 0 Å². The number of hydrogen-bond acceptors (Lipinski definition) is 5. The molecule has 25 heavy (non-hydrogen) atoms. The highest BCUT2D eigenvalue weighted by Gasteiger charge is 2.38. The second-order valence-corrected chi connectivity index (χ2v) is 7.62. The Morgan fingerprint density at radius 3 is 2.36 bits per heavy atom. The molecule has 1 aromatic rings. The number of rotatable bonds is 4. The lowest BCUT2D eigenvalue weighted by Gasteiger charge is -2.37. The fourth-order valence-electron chi connectivity index (χ4n) is 3.75. The first kappa shape index (κ1) is 18.3. The predicted molar refractivity (Wildman–Crippen MR) is 98.6 cm³/mol. The highest BCUT2D eigenvalue weighted by atomic mass is 16.3. The fourth-order valence-corrected chi connectivity index (χ4v) is 3.75. The van der Waals surface area contributed by atoms with E-state index < -0.39 is 6.10 Å². The van der Waals surface area contributed by atoms with Crippen LogP contribution >= 0.6 is 0 Å². The average molecular weight is 346 g/mol. The minimum Gasteiger partial charge on any atom is -0.390 e. The van der Waals surface area contributed by atoms with E-state index in [4.69, 9.17) is 0 Å². The molecule has 2 heterocycles. The maximum Gasteiger partial charge on any atom is 0.253 e. The highest BCUT2D eigenvalue weighted by molar-refractivity contribution is 5.94. The number of hydrogen-bond donors (Lipinski definition) is 1. The van der Waals surface area contributed by atoms with Crippen molar-refractivity contribution in [1.82, 2.24) is 19.6 Å². The van der Waals surface area contributed by atoms with Crippen LogP contribution in [0, 0.1) is 0 Å². The van der Waals surface area contributed by atoms with Gasteiger partial charge in [0.25, 0.3) is 5.91 Å². The van der Waals surface area contributed by atoms with Gasteiger partial charge in [-0.2, -0.15) is 0 Å². The van der Waals surface area contributed by atoms with Crippen molar-refractivity contribution in [3.8, 4) is 0 Å². The van der Waals surface area contributed by atoms with Crippen LogP contribution in [0.3, 0.4) is 0 Å². The van der Waals surface area contributed by atoms with Crippen LogP contribution in [0.15, 0.2) is 24.3 Å². The number of aliphatic hydroxyl groups excluding tert-OH is 1. The molecule has 0 aliphatic carbocycles. The van der Waals surface area contributed by atoms with E-state index in [0.717, 1.165) is 32.7 Å². The van der Waals surface area contributed by atoms with Gasteiger partial charge >= 0.3 is 0 Å². The van der Waals surface area contributed by atoms with Crippen LogP contribution in [0.25, 0.3) is 0 Å². The zero-order valence-corrected chi connectivity index (χ0v) is 15.6. The van der Waals surface area contributed by atoms with Gasteiger partial charge in [-0.1, -0.05) is 12.1 Å². The van der Waals surface area contributed by atoms with Gasteiger partial charge in [0.1, 0.15) is 0 Å². The predicted octanol–water partition coefficient (Wildman–Crippen LogP) is 0.181. The molecule has 1 amide bonds. The lowest BCUT2D eigenvalue weighted by molar-refractivity contribution is 0.0512. The summed E-state index contributed by atoms with van der Waals surface area (Å²) < 4.78 is 0. The molecule has 0 unspecified atom stereocenters. The van der Waals surface area contributed by atoms with Gasteiger partial charge in [0.15, 0.2) is 0 Å². The van der Waals surface area contributed by atoms with Crippen molar-refractivity contribution < 1.29 is 9.90 Å². The van der Waals surface area contributed by atoms with Gasteiger partial charge < -0.3 is 19.8 Å². The maximum atomic E-state index is 12.8. The summed E-state index contributed by atoms with van der Waals surface area (Å²) in [5, 5.41) is 10.5. The van der Waals surface area contributed by atoms with E-state index in [1.807, 2.05) is 38.4 Å². The van der Waals surface area contributed by atoms with Crippen molar-refractivity contribution >= 4 is 5.91 Å². The third-order valence-electron chi connectivity index (χ3n) is 5.25. The van der Waals surface area contributed by atoms with Crippen LogP contribution in [0.4, 0.5) is 0 Å². The first-order valence-corrected chi connectivity index (χ1v) is 9.07. The topological polar surface area (TPSA) is 50.3 Å².